The van der Waals surface area contributed by atoms with Crippen LogP contribution in [0.5, 0.6) is 5.75 Å². The molecule has 25 heavy (non-hydrogen) atoms. The lowest BCUT2D eigenvalue weighted by Crippen LogP contribution is -2.22. The summed E-state index contributed by atoms with van der Waals surface area (Å²) in [5.74, 6) is 0.804. The maximum Gasteiger partial charge on any atom is 0.165 e. The summed E-state index contributed by atoms with van der Waals surface area (Å²) in [5, 5.41) is 4.65. The molecule has 0 spiro atoms. The molecule has 0 radical (unpaired) electrons. The Balaban J connectivity index is 2.01. The summed E-state index contributed by atoms with van der Waals surface area (Å²) in [5.41, 5.74) is 1.80. The molecule has 0 aliphatic rings. The molecule has 0 bridgehead atoms. The number of hydrogen-bond acceptors (Lipinski definition) is 4. The summed E-state index contributed by atoms with van der Waals surface area (Å²) in [6, 6.07) is 5.08. The fraction of sp³-hybridized carbons (Fsp3) is 0.579. The number of aromatic nitrogens is 3. The van der Waals surface area contributed by atoms with Gasteiger partial charge in [-0.1, -0.05) is 39.4 Å². The van der Waals surface area contributed by atoms with Crippen LogP contribution in [0.4, 0.5) is 0 Å². The minimum atomic E-state index is -1.07. The predicted molar refractivity (Wildman–Crippen MR) is 105 cm³/mol. The van der Waals surface area contributed by atoms with Crippen molar-refractivity contribution in [2.24, 2.45) is 0 Å². The van der Waals surface area contributed by atoms with Crippen LogP contribution in [0, 0.1) is 0 Å². The molecule has 0 fully saturated rings. The van der Waals surface area contributed by atoms with Gasteiger partial charge < -0.3 is 9.47 Å². The van der Waals surface area contributed by atoms with Crippen LogP contribution in [0.1, 0.15) is 26.2 Å². The van der Waals surface area contributed by atoms with Crippen LogP contribution in [-0.4, -0.2) is 36.1 Å². The summed E-state index contributed by atoms with van der Waals surface area (Å²) >= 11 is 0. The fourth-order valence-electron chi connectivity index (χ4n) is 2.35. The molecule has 0 unspecified atom stereocenters. The van der Waals surface area contributed by atoms with E-state index in [0.29, 0.717) is 13.3 Å². The molecule has 0 saturated carbocycles. The largest absolute Gasteiger partial charge is 0.490 e. The van der Waals surface area contributed by atoms with Gasteiger partial charge in [0.05, 0.1) is 12.8 Å². The monoisotopic (exact) mass is 361 g/mol. The van der Waals surface area contributed by atoms with Crippen LogP contribution in [0.2, 0.25) is 25.7 Å². The van der Waals surface area contributed by atoms with Gasteiger partial charge in [0.15, 0.2) is 5.75 Å². The number of nitrogens with zero attached hydrogens (tertiary/aromatic N) is 3. The third-order valence-electron chi connectivity index (χ3n) is 3.89. The molecule has 0 aliphatic heterocycles. The Hall–Kier alpha value is -1.66. The Morgan fingerprint density at radius 1 is 1.16 bits per heavy atom. The number of rotatable bonds is 11. The van der Waals surface area contributed by atoms with Crippen molar-refractivity contribution in [3.63, 3.8) is 0 Å². The van der Waals surface area contributed by atoms with Crippen molar-refractivity contribution in [2.45, 2.75) is 58.6 Å². The van der Waals surface area contributed by atoms with Gasteiger partial charge in [0.1, 0.15) is 12.4 Å². The van der Waals surface area contributed by atoms with Gasteiger partial charge in [-0.05, 0) is 24.6 Å². The molecule has 0 aliphatic carbocycles. The van der Waals surface area contributed by atoms with Gasteiger partial charge in [-0.2, -0.15) is 5.10 Å². The zero-order chi connectivity index (χ0) is 18.1. The van der Waals surface area contributed by atoms with Gasteiger partial charge in [0.25, 0.3) is 0 Å². The summed E-state index contributed by atoms with van der Waals surface area (Å²) < 4.78 is 13.6. The molecule has 0 atom stereocenters. The first-order chi connectivity index (χ1) is 12.0. The molecule has 138 valence electrons. The first-order valence-corrected chi connectivity index (χ1v) is 12.9. The maximum atomic E-state index is 5.98. The van der Waals surface area contributed by atoms with Crippen molar-refractivity contribution in [2.75, 3.05) is 13.2 Å². The molecule has 0 amide bonds. The average Bonchev–Trinajstić information content (AvgIpc) is 2.99. The van der Waals surface area contributed by atoms with Crippen molar-refractivity contribution in [3.8, 4) is 17.0 Å². The third-order valence-corrected chi connectivity index (χ3v) is 5.59. The van der Waals surface area contributed by atoms with E-state index < -0.39 is 8.07 Å². The number of pyridine rings is 1. The Bertz CT molecular complexity index is 623. The second kappa shape index (κ2) is 9.72. The lowest BCUT2D eigenvalue weighted by Gasteiger charge is -2.15. The standard InChI is InChI=1S/C19H31N3O2Si/c1-5-6-7-11-24-18-15-22(16-23-12-13-25(2,3)4)21-19(18)17-9-8-10-20-14-17/h8-10,14-15H,5-7,11-13,16H2,1-4H3. The van der Waals surface area contributed by atoms with E-state index in [2.05, 4.69) is 36.6 Å². The van der Waals surface area contributed by atoms with Crippen LogP contribution in [0.15, 0.2) is 30.7 Å². The van der Waals surface area contributed by atoms with Gasteiger partial charge in [-0.15, -0.1) is 0 Å². The summed E-state index contributed by atoms with van der Waals surface area (Å²) in [6.45, 7) is 11.2. The molecule has 2 aromatic rings. The fourth-order valence-corrected chi connectivity index (χ4v) is 3.11. The SMILES string of the molecule is CCCCCOc1cn(COCC[Si](C)(C)C)nc1-c1cccnc1. The van der Waals surface area contributed by atoms with Crippen molar-refractivity contribution in [1.82, 2.24) is 14.8 Å². The van der Waals surface area contributed by atoms with E-state index in [9.17, 15) is 0 Å². The van der Waals surface area contributed by atoms with Crippen LogP contribution >= 0.6 is 0 Å². The number of unbranched alkanes of at least 4 members (excludes halogenated alkanes) is 2. The molecular weight excluding hydrogens is 330 g/mol. The Morgan fingerprint density at radius 2 is 2.00 bits per heavy atom. The molecule has 2 aromatic heterocycles. The molecule has 6 heteroatoms. The van der Waals surface area contributed by atoms with Crippen molar-refractivity contribution < 1.29 is 9.47 Å². The van der Waals surface area contributed by atoms with E-state index in [-0.39, 0.29) is 0 Å². The summed E-state index contributed by atoms with van der Waals surface area (Å²) in [7, 11) is -1.07. The molecule has 0 N–H and O–H groups in total. The van der Waals surface area contributed by atoms with Crippen molar-refractivity contribution in [3.05, 3.63) is 30.7 Å². The highest BCUT2D eigenvalue weighted by atomic mass is 28.3. The Morgan fingerprint density at radius 3 is 2.68 bits per heavy atom. The molecular formula is C19H31N3O2Si. The normalized spacial score (nSPS) is 11.7. The highest BCUT2D eigenvalue weighted by molar-refractivity contribution is 6.76. The molecule has 0 saturated heterocycles. The highest BCUT2D eigenvalue weighted by Crippen LogP contribution is 2.28. The van der Waals surface area contributed by atoms with Gasteiger partial charge >= 0.3 is 0 Å². The lowest BCUT2D eigenvalue weighted by molar-refractivity contribution is 0.0785. The molecule has 2 heterocycles. The van der Waals surface area contributed by atoms with Crippen LogP contribution < -0.4 is 4.74 Å². The average molecular weight is 362 g/mol. The number of hydrogen-bond donors (Lipinski definition) is 0. The van der Waals surface area contributed by atoms with Gasteiger partial charge in [-0.3, -0.25) is 4.98 Å². The zero-order valence-electron chi connectivity index (χ0n) is 16.0. The summed E-state index contributed by atoms with van der Waals surface area (Å²) in [4.78, 5) is 4.19. The predicted octanol–water partition coefficient (Wildman–Crippen LogP) is 4.83. The van der Waals surface area contributed by atoms with Crippen LogP contribution in [0.3, 0.4) is 0 Å². The van der Waals surface area contributed by atoms with Crippen molar-refractivity contribution >= 4 is 8.07 Å². The van der Waals surface area contributed by atoms with E-state index in [1.165, 1.54) is 12.8 Å². The smallest absolute Gasteiger partial charge is 0.165 e. The highest BCUT2D eigenvalue weighted by Gasteiger charge is 2.14. The van der Waals surface area contributed by atoms with Gasteiger partial charge in [0, 0.05) is 32.6 Å². The Kier molecular flexibility index (Phi) is 7.65. The van der Waals surface area contributed by atoms with Crippen LogP contribution in [-0.2, 0) is 11.5 Å². The van der Waals surface area contributed by atoms with E-state index in [0.717, 1.165) is 36.1 Å². The first kappa shape index (κ1) is 19.7. The van der Waals surface area contributed by atoms with Gasteiger partial charge in [-0.25, -0.2) is 4.68 Å². The quantitative estimate of drug-likeness (QED) is 0.425. The van der Waals surface area contributed by atoms with E-state index in [1.807, 2.05) is 29.2 Å². The second-order valence-electron chi connectivity index (χ2n) is 7.53. The van der Waals surface area contributed by atoms with Gasteiger partial charge in [0.2, 0.25) is 0 Å². The van der Waals surface area contributed by atoms with E-state index >= 15 is 0 Å². The third kappa shape index (κ3) is 7.00. The summed E-state index contributed by atoms with van der Waals surface area (Å²) in [6.07, 6.45) is 8.93. The first-order valence-electron chi connectivity index (χ1n) is 9.18. The van der Waals surface area contributed by atoms with Crippen molar-refractivity contribution in [1.29, 1.82) is 0 Å². The van der Waals surface area contributed by atoms with E-state index in [4.69, 9.17) is 9.47 Å². The lowest BCUT2D eigenvalue weighted by atomic mass is 10.2. The second-order valence-corrected chi connectivity index (χ2v) is 13.1. The molecule has 2 rings (SSSR count). The zero-order valence-corrected chi connectivity index (χ0v) is 17.0. The van der Waals surface area contributed by atoms with Crippen LogP contribution in [0.25, 0.3) is 11.3 Å². The maximum absolute atomic E-state index is 5.98. The topological polar surface area (TPSA) is 49.2 Å². The molecule has 5 nitrogen and oxygen atoms in total. The minimum Gasteiger partial charge on any atom is -0.490 e. The number of ether oxygens (including phenoxy) is 2. The molecule has 0 aromatic carbocycles. The minimum absolute atomic E-state index is 0.454. The Labute approximate surface area is 152 Å². The van der Waals surface area contributed by atoms with E-state index in [1.54, 1.807) is 6.20 Å².